The highest BCUT2D eigenvalue weighted by atomic mass is 35.5. The summed E-state index contributed by atoms with van der Waals surface area (Å²) in [5, 5.41) is 0. The van der Waals surface area contributed by atoms with Crippen LogP contribution in [0, 0.1) is 0 Å². The fourth-order valence-electron chi connectivity index (χ4n) is 2.20. The van der Waals surface area contributed by atoms with Gasteiger partial charge in [-0.15, -0.1) is 12.4 Å². The van der Waals surface area contributed by atoms with Crippen molar-refractivity contribution in [3.05, 3.63) is 66.2 Å². The second kappa shape index (κ2) is 9.96. The molecule has 0 aliphatic heterocycles. The van der Waals surface area contributed by atoms with E-state index in [1.165, 1.54) is 0 Å². The summed E-state index contributed by atoms with van der Waals surface area (Å²) in [6, 6.07) is 19.0. The Labute approximate surface area is 149 Å². The van der Waals surface area contributed by atoms with Crippen LogP contribution in [0.3, 0.4) is 0 Å². The molecule has 5 heteroatoms. The fraction of sp³-hybridized carbons (Fsp3) is 0.316. The van der Waals surface area contributed by atoms with E-state index in [2.05, 4.69) is 0 Å². The number of halogens is 1. The third-order valence-corrected chi connectivity index (χ3v) is 3.35. The van der Waals surface area contributed by atoms with E-state index in [0.717, 1.165) is 5.56 Å². The second-order valence-electron chi connectivity index (χ2n) is 5.67. The number of carbonyl (C=O) groups is 1. The summed E-state index contributed by atoms with van der Waals surface area (Å²) in [7, 11) is 3.90. The fourth-order valence-corrected chi connectivity index (χ4v) is 2.20. The summed E-state index contributed by atoms with van der Waals surface area (Å²) < 4.78 is 11.3. The largest absolute Gasteiger partial charge is 0.479 e. The van der Waals surface area contributed by atoms with Crippen LogP contribution in [0.1, 0.15) is 18.6 Å². The van der Waals surface area contributed by atoms with Gasteiger partial charge in [-0.1, -0.05) is 48.5 Å². The van der Waals surface area contributed by atoms with Crippen LogP contribution in [0.25, 0.3) is 0 Å². The van der Waals surface area contributed by atoms with Gasteiger partial charge in [-0.25, -0.2) is 4.79 Å². The predicted molar refractivity (Wildman–Crippen MR) is 97.6 cm³/mol. The number of hydrogen-bond acceptors (Lipinski definition) is 4. The van der Waals surface area contributed by atoms with Crippen molar-refractivity contribution in [2.24, 2.45) is 0 Å². The molecule has 0 aromatic heterocycles. The van der Waals surface area contributed by atoms with Crippen molar-refractivity contribution in [1.82, 2.24) is 4.90 Å². The lowest BCUT2D eigenvalue weighted by Crippen LogP contribution is -2.31. The van der Waals surface area contributed by atoms with Crippen LogP contribution < -0.4 is 4.74 Å². The first-order chi connectivity index (χ1) is 11.1. The van der Waals surface area contributed by atoms with E-state index in [1.54, 1.807) is 6.92 Å². The predicted octanol–water partition coefficient (Wildman–Crippen LogP) is 3.72. The minimum absolute atomic E-state index is 0. The number of nitrogens with zero attached hydrogens (tertiary/aromatic N) is 1. The third kappa shape index (κ3) is 6.22. The van der Waals surface area contributed by atoms with Gasteiger partial charge in [-0.2, -0.15) is 0 Å². The molecule has 0 saturated heterocycles. The molecule has 2 unspecified atom stereocenters. The van der Waals surface area contributed by atoms with Gasteiger partial charge < -0.3 is 14.4 Å². The molecule has 2 aromatic carbocycles. The molecule has 2 aromatic rings. The van der Waals surface area contributed by atoms with Crippen molar-refractivity contribution < 1.29 is 14.3 Å². The molecule has 0 saturated carbocycles. The average molecular weight is 350 g/mol. The molecule has 2 rings (SSSR count). The lowest BCUT2D eigenvalue weighted by atomic mass is 10.1. The molecule has 0 fully saturated rings. The molecule has 0 bridgehead atoms. The zero-order valence-electron chi connectivity index (χ0n) is 14.2. The summed E-state index contributed by atoms with van der Waals surface area (Å²) in [6.07, 6.45) is -0.980. The molecule has 4 nitrogen and oxygen atoms in total. The van der Waals surface area contributed by atoms with Crippen LogP contribution in [0.15, 0.2) is 60.7 Å². The van der Waals surface area contributed by atoms with E-state index in [-0.39, 0.29) is 24.5 Å². The Kier molecular flexibility index (Phi) is 8.30. The number of para-hydroxylation sites is 1. The van der Waals surface area contributed by atoms with Crippen LogP contribution in [0.4, 0.5) is 0 Å². The number of hydrogen-bond donors (Lipinski definition) is 0. The minimum atomic E-state index is -0.661. The molecule has 0 N–H and O–H groups in total. The summed E-state index contributed by atoms with van der Waals surface area (Å²) in [6.45, 7) is 2.32. The molecule has 0 spiro atoms. The molecule has 24 heavy (non-hydrogen) atoms. The standard InChI is InChI=1S/C19H23NO3.ClH/c1-15(22-17-12-8-5-9-13-17)19(21)23-18(14-20(2)3)16-10-6-4-7-11-16;/h4-13,15,18H,14H2,1-3H3;1H. The summed E-state index contributed by atoms with van der Waals surface area (Å²) >= 11 is 0. The number of rotatable bonds is 7. The lowest BCUT2D eigenvalue weighted by Gasteiger charge is -2.23. The van der Waals surface area contributed by atoms with E-state index in [4.69, 9.17) is 9.47 Å². The summed E-state index contributed by atoms with van der Waals surface area (Å²) in [4.78, 5) is 14.3. The minimum Gasteiger partial charge on any atom is -0.479 e. The van der Waals surface area contributed by atoms with Crippen LogP contribution >= 0.6 is 12.4 Å². The molecule has 0 heterocycles. The van der Waals surface area contributed by atoms with E-state index in [1.807, 2.05) is 79.7 Å². The van der Waals surface area contributed by atoms with Gasteiger partial charge in [-0.05, 0) is 38.7 Å². The summed E-state index contributed by atoms with van der Waals surface area (Å²) in [5.41, 5.74) is 0.974. The third-order valence-electron chi connectivity index (χ3n) is 3.35. The first-order valence-electron chi connectivity index (χ1n) is 7.68. The first kappa shape index (κ1) is 20.0. The lowest BCUT2D eigenvalue weighted by molar-refractivity contribution is -0.157. The van der Waals surface area contributed by atoms with Crippen molar-refractivity contribution >= 4 is 18.4 Å². The van der Waals surface area contributed by atoms with Crippen LogP contribution in [-0.4, -0.2) is 37.6 Å². The number of ether oxygens (including phenoxy) is 2. The second-order valence-corrected chi connectivity index (χ2v) is 5.67. The van der Waals surface area contributed by atoms with Gasteiger partial charge in [0.25, 0.3) is 0 Å². The first-order valence-corrected chi connectivity index (χ1v) is 7.68. The average Bonchev–Trinajstić information content (AvgIpc) is 2.55. The van der Waals surface area contributed by atoms with Crippen LogP contribution in [-0.2, 0) is 9.53 Å². The normalized spacial score (nSPS) is 12.8. The number of esters is 1. The quantitative estimate of drug-likeness (QED) is 0.714. The zero-order chi connectivity index (χ0) is 16.7. The van der Waals surface area contributed by atoms with Crippen molar-refractivity contribution in [1.29, 1.82) is 0 Å². The van der Waals surface area contributed by atoms with Gasteiger partial charge in [0.15, 0.2) is 6.10 Å². The Morgan fingerprint density at radius 2 is 1.54 bits per heavy atom. The maximum atomic E-state index is 12.3. The maximum Gasteiger partial charge on any atom is 0.347 e. The zero-order valence-corrected chi connectivity index (χ0v) is 15.0. The summed E-state index contributed by atoms with van der Waals surface area (Å²) in [5.74, 6) is 0.283. The molecular weight excluding hydrogens is 326 g/mol. The van der Waals surface area contributed by atoms with Crippen molar-refractivity contribution in [2.45, 2.75) is 19.1 Å². The molecule has 0 aliphatic carbocycles. The Balaban J connectivity index is 0.00000288. The highest BCUT2D eigenvalue weighted by Crippen LogP contribution is 2.20. The topological polar surface area (TPSA) is 38.8 Å². The van der Waals surface area contributed by atoms with Crippen molar-refractivity contribution in [3.8, 4) is 5.75 Å². The Morgan fingerprint density at radius 3 is 2.08 bits per heavy atom. The highest BCUT2D eigenvalue weighted by molar-refractivity contribution is 5.85. The van der Waals surface area contributed by atoms with Gasteiger partial charge in [-0.3, -0.25) is 0 Å². The van der Waals surface area contributed by atoms with Gasteiger partial charge in [0.05, 0.1) is 0 Å². The Hall–Kier alpha value is -2.04. The molecular formula is C19H24ClNO3. The molecule has 0 aliphatic rings. The maximum absolute atomic E-state index is 12.3. The van der Waals surface area contributed by atoms with E-state index in [0.29, 0.717) is 12.3 Å². The van der Waals surface area contributed by atoms with Gasteiger partial charge in [0.1, 0.15) is 11.9 Å². The van der Waals surface area contributed by atoms with Gasteiger partial charge in [0.2, 0.25) is 0 Å². The monoisotopic (exact) mass is 349 g/mol. The SMILES string of the molecule is CC(Oc1ccccc1)C(=O)OC(CN(C)C)c1ccccc1.Cl. The number of likely N-dealkylation sites (N-methyl/N-ethyl adjacent to an activating group) is 1. The smallest absolute Gasteiger partial charge is 0.347 e. The van der Waals surface area contributed by atoms with Crippen molar-refractivity contribution in [2.75, 3.05) is 20.6 Å². The number of carbonyl (C=O) groups excluding carboxylic acids is 1. The van der Waals surface area contributed by atoms with Gasteiger partial charge in [0, 0.05) is 6.54 Å². The van der Waals surface area contributed by atoms with Crippen LogP contribution in [0.5, 0.6) is 5.75 Å². The molecule has 0 amide bonds. The molecule has 0 radical (unpaired) electrons. The Morgan fingerprint density at radius 1 is 1.00 bits per heavy atom. The van der Waals surface area contributed by atoms with Gasteiger partial charge >= 0.3 is 5.97 Å². The van der Waals surface area contributed by atoms with E-state index >= 15 is 0 Å². The number of benzene rings is 2. The highest BCUT2D eigenvalue weighted by Gasteiger charge is 2.23. The molecule has 130 valence electrons. The molecule has 2 atom stereocenters. The van der Waals surface area contributed by atoms with Crippen LogP contribution in [0.2, 0.25) is 0 Å². The van der Waals surface area contributed by atoms with Crippen molar-refractivity contribution in [3.63, 3.8) is 0 Å². The van der Waals surface area contributed by atoms with E-state index in [9.17, 15) is 4.79 Å². The van der Waals surface area contributed by atoms with E-state index < -0.39 is 6.10 Å². The Bertz CT molecular complexity index is 605.